The smallest absolute Gasteiger partial charge is 0.0714 e. The van der Waals surface area contributed by atoms with E-state index in [1.165, 1.54) is 110 Å². The number of nitrogens with zero attached hydrogens (tertiary/aromatic N) is 3. The van der Waals surface area contributed by atoms with Gasteiger partial charge in [-0.15, -0.1) is 0 Å². The van der Waals surface area contributed by atoms with E-state index in [4.69, 9.17) is 4.98 Å². The van der Waals surface area contributed by atoms with Crippen molar-refractivity contribution >= 4 is 87.6 Å². The molecule has 0 saturated heterocycles. The Morgan fingerprint density at radius 2 is 0.987 bits per heavy atom. The summed E-state index contributed by atoms with van der Waals surface area (Å²) in [6, 6.07) is 98.8. The van der Waals surface area contributed by atoms with Crippen LogP contribution in [0.2, 0.25) is 0 Å². The van der Waals surface area contributed by atoms with E-state index in [0.29, 0.717) is 0 Å². The molecule has 15 aromatic rings. The van der Waals surface area contributed by atoms with Gasteiger partial charge in [0.25, 0.3) is 0 Å². The maximum atomic E-state index is 4.95. The van der Waals surface area contributed by atoms with Crippen LogP contribution in [0.15, 0.2) is 273 Å². The van der Waals surface area contributed by atoms with E-state index in [1.807, 2.05) is 6.20 Å². The Labute approximate surface area is 433 Å². The largest absolute Gasteiger partial charge is 0.310 e. The zero-order valence-corrected chi connectivity index (χ0v) is 40.8. The lowest BCUT2D eigenvalue weighted by Gasteiger charge is -2.35. The second kappa shape index (κ2) is 16.1. The fraction of sp³-hybridized carbons (Fsp3) is 0.0139. The third-order valence-electron chi connectivity index (χ3n) is 16.4. The van der Waals surface area contributed by atoms with Gasteiger partial charge in [-0.3, -0.25) is 4.98 Å². The summed E-state index contributed by atoms with van der Waals surface area (Å²) in [4.78, 5) is 7.41. The summed E-state index contributed by atoms with van der Waals surface area (Å²) in [7, 11) is 0. The number of benzene rings is 12. The van der Waals surface area contributed by atoms with Gasteiger partial charge >= 0.3 is 0 Å². The molecular formula is C72H45N3. The predicted octanol–water partition coefficient (Wildman–Crippen LogP) is 18.9. The van der Waals surface area contributed by atoms with Crippen LogP contribution in [0.3, 0.4) is 0 Å². The summed E-state index contributed by atoms with van der Waals surface area (Å²) in [6.07, 6.45) is 2.05. The lowest BCUT2D eigenvalue weighted by Crippen LogP contribution is -2.28. The fourth-order valence-electron chi connectivity index (χ4n) is 13.3. The lowest BCUT2D eigenvalue weighted by molar-refractivity contribution is 0.768. The van der Waals surface area contributed by atoms with Gasteiger partial charge in [0.2, 0.25) is 0 Å². The van der Waals surface area contributed by atoms with E-state index in [2.05, 4.69) is 276 Å². The molecule has 0 saturated carbocycles. The van der Waals surface area contributed by atoms with Crippen LogP contribution >= 0.6 is 0 Å². The van der Waals surface area contributed by atoms with Crippen LogP contribution in [0.5, 0.6) is 0 Å². The first kappa shape index (κ1) is 41.8. The molecule has 3 heteroatoms. The number of para-hydroxylation sites is 3. The summed E-state index contributed by atoms with van der Waals surface area (Å²) >= 11 is 0. The highest BCUT2D eigenvalue weighted by Gasteiger charge is 2.46. The van der Waals surface area contributed by atoms with Crippen LogP contribution in [-0.4, -0.2) is 9.38 Å². The van der Waals surface area contributed by atoms with Gasteiger partial charge in [0, 0.05) is 55.5 Å². The van der Waals surface area contributed by atoms with Crippen LogP contribution in [0.1, 0.15) is 22.3 Å². The molecule has 1 aliphatic carbocycles. The van der Waals surface area contributed by atoms with E-state index in [-0.39, 0.29) is 0 Å². The first-order valence-electron chi connectivity index (χ1n) is 25.9. The van der Waals surface area contributed by atoms with E-state index in [1.54, 1.807) is 0 Å². The van der Waals surface area contributed by atoms with Crippen molar-refractivity contribution in [1.29, 1.82) is 0 Å². The van der Waals surface area contributed by atoms with Crippen LogP contribution in [0.4, 0.5) is 17.1 Å². The van der Waals surface area contributed by atoms with Crippen LogP contribution in [0.25, 0.3) is 104 Å². The average Bonchev–Trinajstić information content (AvgIpc) is 4.00. The quantitative estimate of drug-likeness (QED) is 0.117. The molecule has 0 atom stereocenters. The lowest BCUT2D eigenvalue weighted by atomic mass is 9.67. The normalized spacial score (nSPS) is 12.9. The first-order chi connectivity index (χ1) is 37.2. The molecule has 16 rings (SSSR count). The zero-order valence-electron chi connectivity index (χ0n) is 40.8. The molecule has 0 aliphatic heterocycles. The molecule has 0 fully saturated rings. The van der Waals surface area contributed by atoms with Gasteiger partial charge in [0.15, 0.2) is 0 Å². The monoisotopic (exact) mass is 951 g/mol. The third-order valence-corrected chi connectivity index (χ3v) is 16.4. The number of anilines is 3. The molecule has 0 spiro atoms. The number of hydrogen-bond acceptors (Lipinski definition) is 2. The number of aromatic nitrogens is 2. The topological polar surface area (TPSA) is 20.5 Å². The zero-order chi connectivity index (χ0) is 49.2. The molecule has 1 aliphatic rings. The van der Waals surface area contributed by atoms with Crippen molar-refractivity contribution in [3.8, 4) is 33.4 Å². The van der Waals surface area contributed by atoms with Gasteiger partial charge < -0.3 is 9.30 Å². The standard InChI is InChI=1S/C72H45N3/c1-4-20-49(21-5-1)72(50-22-6-2-7-23-50)64-32-15-13-27-55(64)56-38-36-52(43-65(56)72)74(51-24-8-3-9-25-51)68-40-39-53(54-26-11-12-28-57(54)68)46-35-37-59-63-44-62(48-41-47-19-10-16-33-66(47)73-45-48)61-31-18-30-60-58-29-14-17-34-67(58)75(69(59)42-46)71(63)70(60)61/h1-45H. The van der Waals surface area contributed by atoms with Crippen molar-refractivity contribution in [3.05, 3.63) is 295 Å². The van der Waals surface area contributed by atoms with Gasteiger partial charge in [-0.2, -0.15) is 0 Å². The number of hydrogen-bond donors (Lipinski definition) is 0. The number of rotatable bonds is 7. The molecule has 75 heavy (non-hydrogen) atoms. The molecule has 3 nitrogen and oxygen atoms in total. The summed E-state index contributed by atoms with van der Waals surface area (Å²) in [5.74, 6) is 0. The van der Waals surface area contributed by atoms with Crippen molar-refractivity contribution < 1.29 is 0 Å². The van der Waals surface area contributed by atoms with Gasteiger partial charge in [-0.1, -0.05) is 206 Å². The van der Waals surface area contributed by atoms with Crippen molar-refractivity contribution in [2.75, 3.05) is 4.90 Å². The molecule has 348 valence electrons. The van der Waals surface area contributed by atoms with Gasteiger partial charge in [-0.25, -0.2) is 0 Å². The summed E-state index contributed by atoms with van der Waals surface area (Å²) in [5, 5.41) is 11.0. The highest BCUT2D eigenvalue weighted by Crippen LogP contribution is 2.58. The number of pyridine rings is 2. The third kappa shape index (κ3) is 5.95. The van der Waals surface area contributed by atoms with Crippen LogP contribution in [-0.2, 0) is 5.41 Å². The van der Waals surface area contributed by atoms with Gasteiger partial charge in [0.1, 0.15) is 0 Å². The van der Waals surface area contributed by atoms with Crippen molar-refractivity contribution in [3.63, 3.8) is 0 Å². The van der Waals surface area contributed by atoms with Gasteiger partial charge in [0.05, 0.1) is 33.2 Å². The minimum absolute atomic E-state index is 0.524. The maximum Gasteiger partial charge on any atom is 0.0714 e. The van der Waals surface area contributed by atoms with E-state index >= 15 is 0 Å². The minimum atomic E-state index is -0.524. The summed E-state index contributed by atoms with van der Waals surface area (Å²) < 4.78 is 2.53. The van der Waals surface area contributed by atoms with Crippen LogP contribution in [0, 0.1) is 0 Å². The van der Waals surface area contributed by atoms with Crippen molar-refractivity contribution in [1.82, 2.24) is 9.38 Å². The first-order valence-corrected chi connectivity index (χ1v) is 25.9. The Balaban J connectivity index is 0.909. The molecule has 0 bridgehead atoms. The second-order valence-electron chi connectivity index (χ2n) is 20.2. The summed E-state index contributed by atoms with van der Waals surface area (Å²) in [6.45, 7) is 0. The molecule has 12 aromatic carbocycles. The molecule has 3 heterocycles. The molecule has 0 radical (unpaired) electrons. The molecule has 0 amide bonds. The Hall–Kier alpha value is -9.83. The van der Waals surface area contributed by atoms with E-state index in [0.717, 1.165) is 33.5 Å². The second-order valence-corrected chi connectivity index (χ2v) is 20.2. The number of fused-ring (bicyclic) bond motifs is 11. The Bertz CT molecular complexity index is 4730. The van der Waals surface area contributed by atoms with E-state index in [9.17, 15) is 0 Å². The SMILES string of the molecule is c1ccc(N(c2ccc3c(c2)C(c2ccccc2)(c2ccccc2)c2ccccc2-3)c2ccc(-c3ccc4c5cc(-c6cnc7ccccc7c6)c6cccc7c8ccccc8n(c4c3)c5c67)c3ccccc23)cc1. The molecule has 0 unspecified atom stereocenters. The Kier molecular flexibility index (Phi) is 8.96. The van der Waals surface area contributed by atoms with E-state index < -0.39 is 5.41 Å². The molecular weight excluding hydrogens is 907 g/mol. The highest BCUT2D eigenvalue weighted by atomic mass is 15.1. The molecule has 0 N–H and O–H groups in total. The highest BCUT2D eigenvalue weighted by molar-refractivity contribution is 6.31. The van der Waals surface area contributed by atoms with Crippen molar-refractivity contribution in [2.45, 2.75) is 5.41 Å². The summed E-state index contributed by atoms with van der Waals surface area (Å²) in [5.41, 5.74) is 19.8. The Morgan fingerprint density at radius 1 is 0.347 bits per heavy atom. The predicted molar refractivity (Wildman–Crippen MR) is 314 cm³/mol. The fourth-order valence-corrected chi connectivity index (χ4v) is 13.3. The minimum Gasteiger partial charge on any atom is -0.310 e. The van der Waals surface area contributed by atoms with Gasteiger partial charge in [-0.05, 0) is 127 Å². The molecule has 3 aromatic heterocycles. The average molecular weight is 952 g/mol. The van der Waals surface area contributed by atoms with Crippen LogP contribution < -0.4 is 4.90 Å². The maximum absolute atomic E-state index is 4.95. The van der Waals surface area contributed by atoms with Crippen molar-refractivity contribution in [2.24, 2.45) is 0 Å². The Morgan fingerprint density at radius 3 is 1.81 bits per heavy atom.